The predicted octanol–water partition coefficient (Wildman–Crippen LogP) is 5.07. The molecule has 1 N–H and O–H groups in total. The van der Waals surface area contributed by atoms with E-state index in [-0.39, 0.29) is 12.7 Å². The fourth-order valence-electron chi connectivity index (χ4n) is 3.26. The molecule has 0 aliphatic carbocycles. The van der Waals surface area contributed by atoms with E-state index >= 15 is 0 Å². The molecule has 3 rings (SSSR count). The third-order valence-corrected chi connectivity index (χ3v) is 5.38. The molecule has 2 aromatic carbocycles. The Labute approximate surface area is 180 Å². The summed E-state index contributed by atoms with van der Waals surface area (Å²) in [6.07, 6.45) is 1.66. The highest BCUT2D eigenvalue weighted by Gasteiger charge is 2.21. The molecule has 1 heterocycles. The van der Waals surface area contributed by atoms with Crippen molar-refractivity contribution in [2.24, 2.45) is 0 Å². The van der Waals surface area contributed by atoms with Gasteiger partial charge < -0.3 is 14.6 Å². The van der Waals surface area contributed by atoms with Crippen LogP contribution in [0.5, 0.6) is 5.75 Å². The van der Waals surface area contributed by atoms with E-state index in [1.165, 1.54) is 0 Å². The molecule has 1 aliphatic rings. The molecule has 0 radical (unpaired) electrons. The lowest BCUT2D eigenvalue weighted by Crippen LogP contribution is -2.39. The van der Waals surface area contributed by atoms with E-state index in [9.17, 15) is 5.11 Å². The first-order valence-electron chi connectivity index (χ1n) is 9.34. The highest BCUT2D eigenvalue weighted by molar-refractivity contribution is 6.35. The number of hydrogen-bond acceptors (Lipinski definition) is 4. The molecule has 4 nitrogen and oxygen atoms in total. The first-order chi connectivity index (χ1) is 13.5. The van der Waals surface area contributed by atoms with Crippen LogP contribution >= 0.6 is 34.8 Å². The molecule has 0 aromatic heterocycles. The Kier molecular flexibility index (Phi) is 8.27. The van der Waals surface area contributed by atoms with Gasteiger partial charge in [-0.3, -0.25) is 4.90 Å². The molecule has 152 valence electrons. The van der Waals surface area contributed by atoms with Crippen LogP contribution in [0.2, 0.25) is 15.1 Å². The molecule has 1 saturated heterocycles. The van der Waals surface area contributed by atoms with Crippen LogP contribution in [0.15, 0.2) is 42.5 Å². The highest BCUT2D eigenvalue weighted by Crippen LogP contribution is 2.27. The molecule has 28 heavy (non-hydrogen) atoms. The minimum atomic E-state index is -0.666. The highest BCUT2D eigenvalue weighted by atomic mass is 35.5. The average molecular weight is 445 g/mol. The maximum atomic E-state index is 10.5. The van der Waals surface area contributed by atoms with Crippen molar-refractivity contribution in [2.45, 2.75) is 31.6 Å². The fourth-order valence-corrected chi connectivity index (χ4v) is 3.85. The van der Waals surface area contributed by atoms with Crippen LogP contribution in [0.4, 0.5) is 0 Å². The van der Waals surface area contributed by atoms with Crippen molar-refractivity contribution < 1.29 is 14.6 Å². The van der Waals surface area contributed by atoms with Gasteiger partial charge in [-0.1, -0.05) is 46.9 Å². The summed E-state index contributed by atoms with van der Waals surface area (Å²) < 4.78 is 11.4. The van der Waals surface area contributed by atoms with Gasteiger partial charge >= 0.3 is 0 Å². The zero-order valence-corrected chi connectivity index (χ0v) is 17.8. The smallest absolute Gasteiger partial charge is 0.138 e. The van der Waals surface area contributed by atoms with Crippen LogP contribution in [0.1, 0.15) is 18.4 Å². The predicted molar refractivity (Wildman–Crippen MR) is 114 cm³/mol. The van der Waals surface area contributed by atoms with E-state index in [0.717, 1.165) is 31.6 Å². The molecule has 1 fully saturated rings. The summed E-state index contributed by atoms with van der Waals surface area (Å²) in [6.45, 7) is 2.88. The van der Waals surface area contributed by atoms with Crippen molar-refractivity contribution in [3.8, 4) is 5.75 Å². The van der Waals surface area contributed by atoms with Crippen LogP contribution in [-0.2, 0) is 11.3 Å². The number of hydrogen-bond donors (Lipinski definition) is 1. The number of rotatable bonds is 9. The summed E-state index contributed by atoms with van der Waals surface area (Å²) in [6, 6.07) is 12.8. The Bertz CT molecular complexity index is 751. The second kappa shape index (κ2) is 10.7. The van der Waals surface area contributed by atoms with Gasteiger partial charge in [0.25, 0.3) is 0 Å². The molecular formula is C21H24Cl3NO3. The standard InChI is InChI=1S/C21H24Cl3NO3/c22-16-5-3-15(4-6-16)11-25(13-19-2-1-9-27-19)12-18(26)14-28-21-8-7-17(23)10-20(21)24/h3-8,10,18-19,26H,1-2,9,11-14H2. The van der Waals surface area contributed by atoms with Gasteiger partial charge in [-0.2, -0.15) is 0 Å². The minimum Gasteiger partial charge on any atom is -0.489 e. The zero-order chi connectivity index (χ0) is 19.9. The Morgan fingerprint density at radius 2 is 1.86 bits per heavy atom. The summed E-state index contributed by atoms with van der Waals surface area (Å²) >= 11 is 18.0. The van der Waals surface area contributed by atoms with Gasteiger partial charge in [0.1, 0.15) is 18.5 Å². The van der Waals surface area contributed by atoms with E-state index in [2.05, 4.69) is 4.90 Å². The van der Waals surface area contributed by atoms with Gasteiger partial charge in [0.05, 0.1) is 11.1 Å². The zero-order valence-electron chi connectivity index (χ0n) is 15.5. The second-order valence-electron chi connectivity index (χ2n) is 7.00. The van der Waals surface area contributed by atoms with E-state index < -0.39 is 6.10 Å². The molecule has 0 spiro atoms. The van der Waals surface area contributed by atoms with Crippen LogP contribution in [0.3, 0.4) is 0 Å². The van der Waals surface area contributed by atoms with E-state index in [1.54, 1.807) is 18.2 Å². The number of halogens is 3. The van der Waals surface area contributed by atoms with Crippen molar-refractivity contribution >= 4 is 34.8 Å². The lowest BCUT2D eigenvalue weighted by molar-refractivity contribution is 0.0314. The number of aliphatic hydroxyl groups excluding tert-OH is 1. The van der Waals surface area contributed by atoms with E-state index in [0.29, 0.717) is 33.9 Å². The lowest BCUT2D eigenvalue weighted by atomic mass is 10.1. The Hall–Kier alpha value is -1.01. The SMILES string of the molecule is OC(COc1ccc(Cl)cc1Cl)CN(Cc1ccc(Cl)cc1)CC1CCCO1. The Balaban J connectivity index is 1.57. The average Bonchev–Trinajstić information content (AvgIpc) is 3.16. The van der Waals surface area contributed by atoms with Crippen LogP contribution in [-0.4, -0.2) is 48.5 Å². The maximum absolute atomic E-state index is 10.5. The summed E-state index contributed by atoms with van der Waals surface area (Å²) in [5.41, 5.74) is 1.14. The van der Waals surface area contributed by atoms with Crippen molar-refractivity contribution in [2.75, 3.05) is 26.3 Å². The summed E-state index contributed by atoms with van der Waals surface area (Å²) in [7, 11) is 0. The minimum absolute atomic E-state index is 0.143. The molecule has 0 bridgehead atoms. The molecular weight excluding hydrogens is 421 g/mol. The maximum Gasteiger partial charge on any atom is 0.138 e. The van der Waals surface area contributed by atoms with Crippen LogP contribution < -0.4 is 4.74 Å². The third-order valence-electron chi connectivity index (χ3n) is 4.60. The molecule has 2 unspecified atom stereocenters. The first kappa shape index (κ1) is 21.7. The molecule has 0 saturated carbocycles. The number of aliphatic hydroxyl groups is 1. The lowest BCUT2D eigenvalue weighted by Gasteiger charge is -2.27. The van der Waals surface area contributed by atoms with Gasteiger partial charge in [-0.05, 0) is 48.7 Å². The van der Waals surface area contributed by atoms with Gasteiger partial charge in [-0.25, -0.2) is 0 Å². The van der Waals surface area contributed by atoms with Crippen LogP contribution in [0, 0.1) is 0 Å². The first-order valence-corrected chi connectivity index (χ1v) is 10.5. The van der Waals surface area contributed by atoms with Gasteiger partial charge in [0, 0.05) is 36.3 Å². The quantitative estimate of drug-likeness (QED) is 0.586. The van der Waals surface area contributed by atoms with Crippen molar-refractivity contribution in [3.63, 3.8) is 0 Å². The van der Waals surface area contributed by atoms with Crippen LogP contribution in [0.25, 0.3) is 0 Å². The molecule has 2 aromatic rings. The molecule has 0 amide bonds. The summed E-state index contributed by atoms with van der Waals surface area (Å²) in [5.74, 6) is 0.508. The molecule has 1 aliphatic heterocycles. The topological polar surface area (TPSA) is 41.9 Å². The Morgan fingerprint density at radius 1 is 1.11 bits per heavy atom. The second-order valence-corrected chi connectivity index (χ2v) is 8.28. The van der Waals surface area contributed by atoms with Gasteiger partial charge in [0.2, 0.25) is 0 Å². The third kappa shape index (κ3) is 6.80. The summed E-state index contributed by atoms with van der Waals surface area (Å²) in [4.78, 5) is 2.19. The van der Waals surface area contributed by atoms with Crippen molar-refractivity contribution in [1.29, 1.82) is 0 Å². The van der Waals surface area contributed by atoms with Gasteiger partial charge in [0.15, 0.2) is 0 Å². The summed E-state index contributed by atoms with van der Waals surface area (Å²) in [5, 5.41) is 12.2. The normalized spacial score (nSPS) is 17.8. The number of benzene rings is 2. The fraction of sp³-hybridized carbons (Fsp3) is 0.429. The number of nitrogens with zero attached hydrogens (tertiary/aromatic N) is 1. The monoisotopic (exact) mass is 443 g/mol. The number of ether oxygens (including phenoxy) is 2. The molecule has 7 heteroatoms. The van der Waals surface area contributed by atoms with E-state index in [4.69, 9.17) is 44.3 Å². The molecule has 2 atom stereocenters. The van der Waals surface area contributed by atoms with Gasteiger partial charge in [-0.15, -0.1) is 0 Å². The Morgan fingerprint density at radius 3 is 2.54 bits per heavy atom. The van der Waals surface area contributed by atoms with E-state index in [1.807, 2.05) is 24.3 Å². The van der Waals surface area contributed by atoms with Crippen molar-refractivity contribution in [3.05, 3.63) is 63.1 Å². The largest absolute Gasteiger partial charge is 0.489 e. The van der Waals surface area contributed by atoms with Crippen molar-refractivity contribution in [1.82, 2.24) is 4.90 Å².